The fraction of sp³-hybridized carbons (Fsp3) is 0.375. The standard InChI is InChI=1S/C16H24N4O2/c17-12-2-1-3-14(9-12)20-10-11-8-13(18)4-6-16(11,19)7-5-15(21)22/h1-4,6,8-9,11,15,20-22H,5,7,10,17-19H2. The van der Waals surface area contributed by atoms with Crippen LogP contribution in [-0.2, 0) is 0 Å². The van der Waals surface area contributed by atoms with Gasteiger partial charge in [-0.2, -0.15) is 0 Å². The molecule has 1 aliphatic rings. The van der Waals surface area contributed by atoms with E-state index in [1.165, 1.54) is 0 Å². The van der Waals surface area contributed by atoms with Crippen molar-refractivity contribution in [3.8, 4) is 0 Å². The number of nitrogens with two attached hydrogens (primary N) is 3. The third kappa shape index (κ3) is 4.24. The fourth-order valence-corrected chi connectivity index (χ4v) is 2.59. The Kier molecular flexibility index (Phi) is 5.07. The summed E-state index contributed by atoms with van der Waals surface area (Å²) in [5, 5.41) is 21.5. The van der Waals surface area contributed by atoms with Gasteiger partial charge in [-0.15, -0.1) is 0 Å². The molecule has 0 amide bonds. The molecule has 1 aromatic carbocycles. The van der Waals surface area contributed by atoms with Crippen LogP contribution in [0.25, 0.3) is 0 Å². The van der Waals surface area contributed by atoms with Gasteiger partial charge in [0.15, 0.2) is 6.29 Å². The highest BCUT2D eigenvalue weighted by molar-refractivity contribution is 5.54. The van der Waals surface area contributed by atoms with Gasteiger partial charge in [-0.25, -0.2) is 0 Å². The predicted molar refractivity (Wildman–Crippen MR) is 88.6 cm³/mol. The summed E-state index contributed by atoms with van der Waals surface area (Å²) in [5.74, 6) is -0.0577. The topological polar surface area (TPSA) is 131 Å². The van der Waals surface area contributed by atoms with Crippen LogP contribution in [0.2, 0.25) is 0 Å². The van der Waals surface area contributed by atoms with E-state index in [0.29, 0.717) is 24.4 Å². The van der Waals surface area contributed by atoms with Gasteiger partial charge in [-0.05, 0) is 37.1 Å². The van der Waals surface area contributed by atoms with Gasteiger partial charge in [0.1, 0.15) is 0 Å². The van der Waals surface area contributed by atoms with Gasteiger partial charge in [0.05, 0.1) is 0 Å². The maximum atomic E-state index is 9.08. The highest BCUT2D eigenvalue weighted by Gasteiger charge is 2.33. The summed E-state index contributed by atoms with van der Waals surface area (Å²) in [4.78, 5) is 0. The number of nitrogens with one attached hydrogen (secondary N) is 1. The first-order valence-electron chi connectivity index (χ1n) is 7.30. The van der Waals surface area contributed by atoms with E-state index in [1.807, 2.05) is 36.4 Å². The molecule has 2 unspecified atom stereocenters. The lowest BCUT2D eigenvalue weighted by Crippen LogP contribution is -2.49. The Morgan fingerprint density at radius 2 is 2.05 bits per heavy atom. The minimum absolute atomic E-state index is 0.0577. The molecule has 0 aromatic heterocycles. The molecule has 0 heterocycles. The number of rotatable bonds is 6. The molecule has 9 N–H and O–H groups in total. The van der Waals surface area contributed by atoms with E-state index < -0.39 is 11.8 Å². The quantitative estimate of drug-likeness (QED) is 0.335. The van der Waals surface area contributed by atoms with Crippen molar-refractivity contribution in [3.63, 3.8) is 0 Å². The second-order valence-corrected chi connectivity index (χ2v) is 5.74. The Balaban J connectivity index is 2.06. The molecular weight excluding hydrogens is 280 g/mol. The average molecular weight is 304 g/mol. The molecule has 22 heavy (non-hydrogen) atoms. The van der Waals surface area contributed by atoms with Crippen molar-refractivity contribution in [2.45, 2.75) is 24.7 Å². The first-order valence-corrected chi connectivity index (χ1v) is 7.30. The van der Waals surface area contributed by atoms with Crippen LogP contribution in [0, 0.1) is 5.92 Å². The van der Waals surface area contributed by atoms with Crippen molar-refractivity contribution in [2.75, 3.05) is 17.6 Å². The summed E-state index contributed by atoms with van der Waals surface area (Å²) in [6, 6.07) is 7.47. The monoisotopic (exact) mass is 304 g/mol. The zero-order chi connectivity index (χ0) is 16.2. The van der Waals surface area contributed by atoms with E-state index in [2.05, 4.69) is 5.32 Å². The number of anilines is 2. The molecule has 1 aliphatic carbocycles. The maximum Gasteiger partial charge on any atom is 0.151 e. The maximum absolute atomic E-state index is 9.08. The van der Waals surface area contributed by atoms with E-state index in [-0.39, 0.29) is 12.3 Å². The SMILES string of the molecule is NC1=CC(CNc2cccc(N)c2)C(N)(CCC(O)O)C=C1. The van der Waals surface area contributed by atoms with Crippen LogP contribution in [0.15, 0.2) is 48.2 Å². The molecule has 0 saturated heterocycles. The number of aliphatic hydroxyl groups is 2. The van der Waals surface area contributed by atoms with E-state index in [9.17, 15) is 0 Å². The molecule has 1 aromatic rings. The Morgan fingerprint density at radius 1 is 1.27 bits per heavy atom. The first-order chi connectivity index (χ1) is 10.4. The summed E-state index contributed by atoms with van der Waals surface area (Å²) in [6.07, 6.45) is 4.82. The zero-order valence-electron chi connectivity index (χ0n) is 12.4. The van der Waals surface area contributed by atoms with Gasteiger partial charge in [0.25, 0.3) is 0 Å². The summed E-state index contributed by atoms with van der Waals surface area (Å²) < 4.78 is 0. The molecule has 0 fully saturated rings. The van der Waals surface area contributed by atoms with Crippen molar-refractivity contribution in [1.29, 1.82) is 0 Å². The van der Waals surface area contributed by atoms with Crippen molar-refractivity contribution >= 4 is 11.4 Å². The smallest absolute Gasteiger partial charge is 0.151 e. The van der Waals surface area contributed by atoms with Crippen LogP contribution in [0.1, 0.15) is 12.8 Å². The van der Waals surface area contributed by atoms with Crippen LogP contribution in [0.4, 0.5) is 11.4 Å². The molecule has 2 rings (SSSR count). The van der Waals surface area contributed by atoms with Gasteiger partial charge >= 0.3 is 0 Å². The second-order valence-electron chi connectivity index (χ2n) is 5.74. The second kappa shape index (κ2) is 6.83. The van der Waals surface area contributed by atoms with Crippen molar-refractivity contribution in [3.05, 3.63) is 48.2 Å². The lowest BCUT2D eigenvalue weighted by Gasteiger charge is -2.36. The largest absolute Gasteiger partial charge is 0.399 e. The van der Waals surface area contributed by atoms with Gasteiger partial charge < -0.3 is 32.7 Å². The van der Waals surface area contributed by atoms with E-state index in [0.717, 1.165) is 5.69 Å². The molecule has 0 bridgehead atoms. The highest BCUT2D eigenvalue weighted by Crippen LogP contribution is 2.29. The van der Waals surface area contributed by atoms with Crippen molar-refractivity contribution in [2.24, 2.45) is 17.4 Å². The molecule has 120 valence electrons. The summed E-state index contributed by atoms with van der Waals surface area (Å²) in [7, 11) is 0. The van der Waals surface area contributed by atoms with Crippen LogP contribution in [-0.4, -0.2) is 28.6 Å². The number of nitrogen functional groups attached to an aromatic ring is 1. The Morgan fingerprint density at radius 3 is 2.73 bits per heavy atom. The van der Waals surface area contributed by atoms with Crippen LogP contribution in [0.5, 0.6) is 0 Å². The van der Waals surface area contributed by atoms with E-state index >= 15 is 0 Å². The molecular formula is C16H24N4O2. The normalized spacial score (nSPS) is 24.4. The first kappa shape index (κ1) is 16.4. The minimum Gasteiger partial charge on any atom is -0.399 e. The Labute approximate surface area is 130 Å². The van der Waals surface area contributed by atoms with Crippen LogP contribution < -0.4 is 22.5 Å². The number of hydrogen-bond acceptors (Lipinski definition) is 6. The van der Waals surface area contributed by atoms with Gasteiger partial charge in [-0.3, -0.25) is 0 Å². The van der Waals surface area contributed by atoms with Gasteiger partial charge in [0.2, 0.25) is 0 Å². The molecule has 6 heteroatoms. The molecule has 6 nitrogen and oxygen atoms in total. The summed E-state index contributed by atoms with van der Waals surface area (Å²) in [5.41, 5.74) is 19.6. The molecule has 0 saturated carbocycles. The third-order valence-corrected chi connectivity index (χ3v) is 3.92. The lowest BCUT2D eigenvalue weighted by molar-refractivity contribution is -0.0495. The molecule has 0 aliphatic heterocycles. The zero-order valence-corrected chi connectivity index (χ0v) is 12.4. The van der Waals surface area contributed by atoms with Crippen LogP contribution in [0.3, 0.4) is 0 Å². The van der Waals surface area contributed by atoms with E-state index in [4.69, 9.17) is 27.4 Å². The summed E-state index contributed by atoms with van der Waals surface area (Å²) in [6.45, 7) is 0.576. The Hall–Kier alpha value is -2.02. The number of aliphatic hydroxyl groups excluding tert-OH is 1. The number of benzene rings is 1. The van der Waals surface area contributed by atoms with Gasteiger partial charge in [0, 0.05) is 35.1 Å². The number of hydrogen-bond donors (Lipinski definition) is 6. The minimum atomic E-state index is -1.36. The van der Waals surface area contributed by atoms with E-state index in [1.54, 1.807) is 6.08 Å². The van der Waals surface area contributed by atoms with Crippen molar-refractivity contribution < 1.29 is 10.2 Å². The molecule has 0 spiro atoms. The molecule has 0 radical (unpaired) electrons. The third-order valence-electron chi connectivity index (χ3n) is 3.92. The number of allylic oxidation sites excluding steroid dienone is 1. The van der Waals surface area contributed by atoms with Crippen LogP contribution >= 0.6 is 0 Å². The Bertz CT molecular complexity index is 571. The average Bonchev–Trinajstić information content (AvgIpc) is 2.47. The van der Waals surface area contributed by atoms with Gasteiger partial charge in [-0.1, -0.05) is 18.2 Å². The lowest BCUT2D eigenvalue weighted by atomic mass is 9.77. The molecule has 2 atom stereocenters. The van der Waals surface area contributed by atoms with Crippen molar-refractivity contribution in [1.82, 2.24) is 0 Å². The fourth-order valence-electron chi connectivity index (χ4n) is 2.59. The summed E-state index contributed by atoms with van der Waals surface area (Å²) >= 11 is 0. The highest BCUT2D eigenvalue weighted by atomic mass is 16.5. The predicted octanol–water partition coefficient (Wildman–Crippen LogP) is 0.498.